The Kier molecular flexibility index (Phi) is 7.76. The molecular formula is C28H28ClN3OS. The van der Waals surface area contributed by atoms with Gasteiger partial charge in [0.05, 0.1) is 22.0 Å². The maximum atomic E-state index is 12.8. The Morgan fingerprint density at radius 2 is 1.79 bits per heavy atom. The molecule has 0 aromatic heterocycles. The van der Waals surface area contributed by atoms with Crippen molar-refractivity contribution in [2.45, 2.75) is 37.5 Å². The van der Waals surface area contributed by atoms with Gasteiger partial charge in [0.25, 0.3) is 5.91 Å². The van der Waals surface area contributed by atoms with E-state index < -0.39 is 0 Å². The molecule has 174 valence electrons. The highest BCUT2D eigenvalue weighted by Gasteiger charge is 2.18. The van der Waals surface area contributed by atoms with Gasteiger partial charge in [-0.25, -0.2) is 5.01 Å². The molecule has 0 aliphatic carbocycles. The fraction of sp³-hybridized carbons (Fsp3) is 0.214. The highest BCUT2D eigenvalue weighted by Crippen LogP contribution is 2.33. The molecule has 0 atom stereocenters. The molecular weight excluding hydrogens is 462 g/mol. The molecule has 0 radical (unpaired) electrons. The standard InChI is InChI=1S/C28H28ClN3OS/c1-19-8-4-5-9-21-12-13-22(30-28(33)25-10-6-7-11-27(25)29)18-26(21)20(2)32(31-19)23-14-16-24(34-3)17-15-23/h6-7,10-18H,2,4-5,8-9H2,1,3H3,(H,30,33)/b31-19-. The lowest BCUT2D eigenvalue weighted by atomic mass is 9.97. The Labute approximate surface area is 210 Å². The predicted octanol–water partition coefficient (Wildman–Crippen LogP) is 7.89. The summed E-state index contributed by atoms with van der Waals surface area (Å²) in [5, 5.41) is 10.3. The Hall–Kier alpha value is -3.02. The molecule has 1 aliphatic rings. The quantitative estimate of drug-likeness (QED) is 0.379. The molecule has 1 heterocycles. The van der Waals surface area contributed by atoms with Gasteiger partial charge in [0, 0.05) is 21.9 Å². The van der Waals surface area contributed by atoms with Crippen LogP contribution in [-0.2, 0) is 6.42 Å². The number of fused-ring (bicyclic) bond motifs is 1. The van der Waals surface area contributed by atoms with Gasteiger partial charge >= 0.3 is 0 Å². The van der Waals surface area contributed by atoms with Crippen LogP contribution < -0.4 is 10.3 Å². The first kappa shape index (κ1) is 24.1. The number of benzene rings is 3. The number of carbonyl (C=O) groups excluding carboxylic acids is 1. The fourth-order valence-corrected chi connectivity index (χ4v) is 4.64. The minimum absolute atomic E-state index is 0.241. The zero-order valence-corrected chi connectivity index (χ0v) is 21.0. The summed E-state index contributed by atoms with van der Waals surface area (Å²) in [5.74, 6) is -0.241. The lowest BCUT2D eigenvalue weighted by molar-refractivity contribution is 0.102. The average Bonchev–Trinajstić information content (AvgIpc) is 2.85. The van der Waals surface area contributed by atoms with E-state index in [-0.39, 0.29) is 5.91 Å². The lowest BCUT2D eigenvalue weighted by Gasteiger charge is -2.26. The normalized spacial score (nSPS) is 15.8. The SMILES string of the molecule is C=C1c2cc(NC(=O)c3ccccc3Cl)ccc2CCCC/C(C)=N\N1c1ccc(SC)cc1. The van der Waals surface area contributed by atoms with Crippen LogP contribution in [0.2, 0.25) is 5.02 Å². The van der Waals surface area contributed by atoms with Crippen molar-refractivity contribution in [3.8, 4) is 0 Å². The summed E-state index contributed by atoms with van der Waals surface area (Å²) in [7, 11) is 0. The number of anilines is 2. The lowest BCUT2D eigenvalue weighted by Crippen LogP contribution is -2.19. The molecule has 34 heavy (non-hydrogen) atoms. The molecule has 0 saturated carbocycles. The van der Waals surface area contributed by atoms with Gasteiger partial charge in [0.15, 0.2) is 0 Å². The largest absolute Gasteiger partial charge is 0.322 e. The van der Waals surface area contributed by atoms with Gasteiger partial charge in [-0.15, -0.1) is 11.8 Å². The van der Waals surface area contributed by atoms with Gasteiger partial charge in [-0.1, -0.05) is 36.4 Å². The Morgan fingerprint density at radius 3 is 2.53 bits per heavy atom. The number of halogens is 1. The Morgan fingerprint density at radius 1 is 1.06 bits per heavy atom. The van der Waals surface area contributed by atoms with Gasteiger partial charge in [-0.2, -0.15) is 5.10 Å². The van der Waals surface area contributed by atoms with Gasteiger partial charge < -0.3 is 5.32 Å². The fourth-order valence-electron chi connectivity index (χ4n) is 4.01. The van der Waals surface area contributed by atoms with Crippen LogP contribution >= 0.6 is 23.4 Å². The summed E-state index contributed by atoms with van der Waals surface area (Å²) in [6.45, 7) is 6.51. The molecule has 3 aromatic rings. The summed E-state index contributed by atoms with van der Waals surface area (Å²) in [4.78, 5) is 14.0. The van der Waals surface area contributed by atoms with E-state index in [0.29, 0.717) is 16.3 Å². The number of amides is 1. The molecule has 4 rings (SSSR count). The van der Waals surface area contributed by atoms with Crippen molar-refractivity contribution in [3.63, 3.8) is 0 Å². The maximum Gasteiger partial charge on any atom is 0.257 e. The zero-order chi connectivity index (χ0) is 24.1. The molecule has 0 bridgehead atoms. The third kappa shape index (κ3) is 5.54. The van der Waals surface area contributed by atoms with E-state index in [1.165, 1.54) is 10.5 Å². The van der Waals surface area contributed by atoms with Gasteiger partial charge in [-0.3, -0.25) is 4.79 Å². The van der Waals surface area contributed by atoms with Crippen molar-refractivity contribution >= 4 is 52.1 Å². The van der Waals surface area contributed by atoms with Crippen LogP contribution in [-0.4, -0.2) is 17.9 Å². The summed E-state index contributed by atoms with van der Waals surface area (Å²) in [6, 6.07) is 21.4. The second-order valence-electron chi connectivity index (χ2n) is 8.30. The zero-order valence-electron chi connectivity index (χ0n) is 19.5. The van der Waals surface area contributed by atoms with Crippen LogP contribution in [0.15, 0.2) is 83.3 Å². The Bertz CT molecular complexity index is 1240. The molecule has 0 unspecified atom stereocenters. The number of carbonyl (C=O) groups is 1. The van der Waals surface area contributed by atoms with Crippen molar-refractivity contribution in [1.29, 1.82) is 0 Å². The highest BCUT2D eigenvalue weighted by molar-refractivity contribution is 7.98. The minimum atomic E-state index is -0.241. The van der Waals surface area contributed by atoms with Crippen LogP contribution in [0.3, 0.4) is 0 Å². The van der Waals surface area contributed by atoms with Crippen molar-refractivity contribution in [2.24, 2.45) is 5.10 Å². The minimum Gasteiger partial charge on any atom is -0.322 e. The van der Waals surface area contributed by atoms with Crippen LogP contribution in [0.25, 0.3) is 5.70 Å². The molecule has 3 aromatic carbocycles. The van der Waals surface area contributed by atoms with Crippen LogP contribution in [0.1, 0.15) is 47.7 Å². The molecule has 4 nitrogen and oxygen atoms in total. The third-order valence-corrected chi connectivity index (χ3v) is 6.95. The molecule has 0 fully saturated rings. The highest BCUT2D eigenvalue weighted by atomic mass is 35.5. The molecule has 1 aliphatic heterocycles. The first-order valence-electron chi connectivity index (χ1n) is 11.3. The topological polar surface area (TPSA) is 44.7 Å². The van der Waals surface area contributed by atoms with Crippen molar-refractivity contribution in [3.05, 3.63) is 95.0 Å². The number of hydrogen-bond acceptors (Lipinski definition) is 4. The first-order chi connectivity index (χ1) is 16.5. The van der Waals surface area contributed by atoms with E-state index in [0.717, 1.165) is 48.3 Å². The van der Waals surface area contributed by atoms with Crippen LogP contribution in [0.5, 0.6) is 0 Å². The van der Waals surface area contributed by atoms with Crippen LogP contribution in [0.4, 0.5) is 11.4 Å². The number of nitrogens with zero attached hydrogens (tertiary/aromatic N) is 2. The van der Waals surface area contributed by atoms with Crippen LogP contribution in [0, 0.1) is 0 Å². The molecule has 6 heteroatoms. The summed E-state index contributed by atoms with van der Waals surface area (Å²) < 4.78 is 0. The summed E-state index contributed by atoms with van der Waals surface area (Å²) in [6.07, 6.45) is 6.11. The monoisotopic (exact) mass is 489 g/mol. The van der Waals surface area contributed by atoms with E-state index in [1.54, 1.807) is 30.0 Å². The molecule has 0 spiro atoms. The van der Waals surface area contributed by atoms with E-state index in [1.807, 2.05) is 23.2 Å². The number of thioether (sulfide) groups is 1. The van der Waals surface area contributed by atoms with E-state index in [4.69, 9.17) is 16.7 Å². The number of nitrogens with one attached hydrogen (secondary N) is 1. The predicted molar refractivity (Wildman–Crippen MR) is 146 cm³/mol. The van der Waals surface area contributed by atoms with Crippen molar-refractivity contribution in [1.82, 2.24) is 0 Å². The van der Waals surface area contributed by atoms with E-state index in [9.17, 15) is 4.79 Å². The summed E-state index contributed by atoms with van der Waals surface area (Å²) >= 11 is 7.93. The number of rotatable bonds is 4. The van der Waals surface area contributed by atoms with Crippen molar-refractivity contribution < 1.29 is 4.79 Å². The van der Waals surface area contributed by atoms with Crippen molar-refractivity contribution in [2.75, 3.05) is 16.6 Å². The molecule has 1 amide bonds. The van der Waals surface area contributed by atoms with Gasteiger partial charge in [-0.05, 0) is 93.0 Å². The smallest absolute Gasteiger partial charge is 0.257 e. The number of hydrazone groups is 1. The number of aryl methyl sites for hydroxylation is 1. The maximum absolute atomic E-state index is 12.8. The van der Waals surface area contributed by atoms with E-state index >= 15 is 0 Å². The second-order valence-corrected chi connectivity index (χ2v) is 9.59. The van der Waals surface area contributed by atoms with E-state index in [2.05, 4.69) is 55.4 Å². The molecule has 0 saturated heterocycles. The summed E-state index contributed by atoms with van der Waals surface area (Å²) in [5.41, 5.74) is 6.12. The van der Waals surface area contributed by atoms with Gasteiger partial charge in [0.2, 0.25) is 0 Å². The number of hydrogen-bond donors (Lipinski definition) is 1. The second kappa shape index (κ2) is 10.9. The Balaban J connectivity index is 1.71. The average molecular weight is 490 g/mol. The van der Waals surface area contributed by atoms with Gasteiger partial charge in [0.1, 0.15) is 0 Å². The first-order valence-corrected chi connectivity index (χ1v) is 12.9. The molecule has 1 N–H and O–H groups in total. The third-order valence-electron chi connectivity index (χ3n) is 5.88.